The van der Waals surface area contributed by atoms with E-state index in [-0.39, 0.29) is 6.04 Å². The van der Waals surface area contributed by atoms with Crippen LogP contribution in [0.5, 0.6) is 11.5 Å². The monoisotopic (exact) mass is 271 g/mol. The Bertz CT molecular complexity index is 540. The van der Waals surface area contributed by atoms with Gasteiger partial charge in [-0.05, 0) is 49.4 Å². The van der Waals surface area contributed by atoms with Crippen LogP contribution in [0.4, 0.5) is 0 Å². The summed E-state index contributed by atoms with van der Waals surface area (Å²) < 4.78 is 11.1. The molecular formula is C17H21NO2. The van der Waals surface area contributed by atoms with Gasteiger partial charge in [-0.25, -0.2) is 0 Å². The molecule has 3 nitrogen and oxygen atoms in total. The van der Waals surface area contributed by atoms with Crippen LogP contribution >= 0.6 is 0 Å². The van der Waals surface area contributed by atoms with Gasteiger partial charge in [0.05, 0.1) is 13.2 Å². The highest BCUT2D eigenvalue weighted by atomic mass is 16.5. The van der Waals surface area contributed by atoms with Crippen molar-refractivity contribution < 1.29 is 9.47 Å². The molecule has 2 aromatic carbocycles. The third-order valence-electron chi connectivity index (χ3n) is 3.36. The smallest absolute Gasteiger partial charge is 0.119 e. The van der Waals surface area contributed by atoms with Crippen LogP contribution in [0.3, 0.4) is 0 Å². The molecule has 0 amide bonds. The number of likely N-dealkylation sites (N-methyl/N-ethyl adjacent to an activating group) is 1. The number of benzene rings is 2. The molecule has 1 unspecified atom stereocenters. The maximum absolute atomic E-state index is 5.83. The minimum Gasteiger partial charge on any atom is -0.497 e. The third kappa shape index (κ3) is 3.52. The van der Waals surface area contributed by atoms with Crippen LogP contribution in [0, 0.1) is 6.92 Å². The molecule has 106 valence electrons. The number of rotatable bonds is 6. The molecule has 0 radical (unpaired) electrons. The van der Waals surface area contributed by atoms with Gasteiger partial charge in [0.2, 0.25) is 0 Å². The number of aryl methyl sites for hydroxylation is 1. The first-order valence-electron chi connectivity index (χ1n) is 6.74. The molecule has 3 heteroatoms. The average Bonchev–Trinajstić information content (AvgIpc) is 2.50. The Kier molecular flexibility index (Phi) is 5.02. The molecule has 0 aliphatic heterocycles. The summed E-state index contributed by atoms with van der Waals surface area (Å²) in [5.41, 5.74) is 2.42. The summed E-state index contributed by atoms with van der Waals surface area (Å²) in [7, 11) is 3.63. The van der Waals surface area contributed by atoms with Gasteiger partial charge in [0.1, 0.15) is 18.1 Å². The molecule has 0 aliphatic carbocycles. The Morgan fingerprint density at radius 2 is 1.80 bits per heavy atom. The number of hydrogen-bond donors (Lipinski definition) is 1. The molecule has 1 N–H and O–H groups in total. The molecule has 0 aliphatic rings. The van der Waals surface area contributed by atoms with E-state index in [2.05, 4.69) is 18.3 Å². The van der Waals surface area contributed by atoms with Crippen LogP contribution in [-0.4, -0.2) is 20.8 Å². The van der Waals surface area contributed by atoms with Gasteiger partial charge in [-0.3, -0.25) is 0 Å². The van der Waals surface area contributed by atoms with Gasteiger partial charge in [0, 0.05) is 0 Å². The molecule has 2 aromatic rings. The Balaban J connectivity index is 2.08. The number of ether oxygens (including phenoxy) is 2. The first-order valence-corrected chi connectivity index (χ1v) is 6.74. The third-order valence-corrected chi connectivity index (χ3v) is 3.36. The van der Waals surface area contributed by atoms with Gasteiger partial charge < -0.3 is 14.8 Å². The Hall–Kier alpha value is -2.00. The van der Waals surface area contributed by atoms with Crippen LogP contribution in [0.1, 0.15) is 17.2 Å². The number of hydrogen-bond acceptors (Lipinski definition) is 3. The van der Waals surface area contributed by atoms with Crippen LogP contribution in [0.25, 0.3) is 0 Å². The van der Waals surface area contributed by atoms with Gasteiger partial charge in [-0.2, -0.15) is 0 Å². The molecule has 0 bridgehead atoms. The predicted octanol–water partition coefficient (Wildman–Crippen LogP) is 3.34. The van der Waals surface area contributed by atoms with Crippen molar-refractivity contribution in [3.8, 4) is 11.5 Å². The average molecular weight is 271 g/mol. The molecule has 0 saturated heterocycles. The summed E-state index contributed by atoms with van der Waals surface area (Å²) >= 11 is 0. The van der Waals surface area contributed by atoms with E-state index >= 15 is 0 Å². The van der Waals surface area contributed by atoms with Crippen LogP contribution in [0.15, 0.2) is 48.5 Å². The molecule has 0 aromatic heterocycles. The fourth-order valence-corrected chi connectivity index (χ4v) is 2.19. The van der Waals surface area contributed by atoms with E-state index in [4.69, 9.17) is 9.47 Å². The van der Waals surface area contributed by atoms with Crippen molar-refractivity contribution >= 4 is 0 Å². The standard InChI is InChI=1S/C17H21NO2/c1-13-11-15(19-3)9-10-16(13)17(18-2)12-20-14-7-5-4-6-8-14/h4-11,17-18H,12H2,1-3H3. The van der Waals surface area contributed by atoms with E-state index in [0.29, 0.717) is 6.61 Å². The van der Waals surface area contributed by atoms with E-state index in [1.807, 2.05) is 49.5 Å². The minimum atomic E-state index is 0.154. The SMILES string of the molecule is CNC(COc1ccccc1)c1ccc(OC)cc1C. The van der Waals surface area contributed by atoms with Crippen molar-refractivity contribution in [2.75, 3.05) is 20.8 Å². The lowest BCUT2D eigenvalue weighted by Crippen LogP contribution is -2.24. The normalized spacial score (nSPS) is 11.9. The van der Waals surface area contributed by atoms with Crippen molar-refractivity contribution in [2.45, 2.75) is 13.0 Å². The van der Waals surface area contributed by atoms with Gasteiger partial charge in [0.25, 0.3) is 0 Å². The lowest BCUT2D eigenvalue weighted by Gasteiger charge is -2.20. The van der Waals surface area contributed by atoms with Crippen molar-refractivity contribution in [3.63, 3.8) is 0 Å². The van der Waals surface area contributed by atoms with Crippen LogP contribution in [-0.2, 0) is 0 Å². The second-order valence-electron chi connectivity index (χ2n) is 4.69. The highest BCUT2D eigenvalue weighted by Crippen LogP contribution is 2.23. The van der Waals surface area contributed by atoms with Gasteiger partial charge in [0.15, 0.2) is 0 Å². The van der Waals surface area contributed by atoms with E-state index < -0.39 is 0 Å². The fourth-order valence-electron chi connectivity index (χ4n) is 2.19. The van der Waals surface area contributed by atoms with Crippen molar-refractivity contribution in [3.05, 3.63) is 59.7 Å². The molecule has 0 heterocycles. The van der Waals surface area contributed by atoms with E-state index in [1.165, 1.54) is 11.1 Å². The molecule has 1 atom stereocenters. The maximum atomic E-state index is 5.83. The number of para-hydroxylation sites is 1. The number of methoxy groups -OCH3 is 1. The second-order valence-corrected chi connectivity index (χ2v) is 4.69. The lowest BCUT2D eigenvalue weighted by molar-refractivity contribution is 0.272. The summed E-state index contributed by atoms with van der Waals surface area (Å²) in [6.07, 6.45) is 0. The zero-order valence-corrected chi connectivity index (χ0v) is 12.2. The van der Waals surface area contributed by atoms with Crippen LogP contribution < -0.4 is 14.8 Å². The summed E-state index contributed by atoms with van der Waals surface area (Å²) in [6.45, 7) is 2.68. The van der Waals surface area contributed by atoms with Crippen LogP contribution in [0.2, 0.25) is 0 Å². The van der Waals surface area contributed by atoms with Gasteiger partial charge in [-0.1, -0.05) is 24.3 Å². The van der Waals surface area contributed by atoms with Crippen molar-refractivity contribution in [1.82, 2.24) is 5.32 Å². The molecular weight excluding hydrogens is 250 g/mol. The lowest BCUT2D eigenvalue weighted by atomic mass is 10.0. The fraction of sp³-hybridized carbons (Fsp3) is 0.294. The van der Waals surface area contributed by atoms with E-state index in [1.54, 1.807) is 7.11 Å². The predicted molar refractivity (Wildman–Crippen MR) is 81.5 cm³/mol. The minimum absolute atomic E-state index is 0.154. The maximum Gasteiger partial charge on any atom is 0.119 e. The van der Waals surface area contributed by atoms with Gasteiger partial charge >= 0.3 is 0 Å². The van der Waals surface area contributed by atoms with E-state index in [0.717, 1.165) is 11.5 Å². The topological polar surface area (TPSA) is 30.5 Å². The highest BCUT2D eigenvalue weighted by molar-refractivity contribution is 5.36. The summed E-state index contributed by atoms with van der Waals surface area (Å²) in [5.74, 6) is 1.77. The quantitative estimate of drug-likeness (QED) is 0.874. The Morgan fingerprint density at radius 3 is 2.40 bits per heavy atom. The molecule has 0 saturated carbocycles. The molecule has 20 heavy (non-hydrogen) atoms. The summed E-state index contributed by atoms with van der Waals surface area (Å²) in [6, 6.07) is 16.1. The zero-order chi connectivity index (χ0) is 14.4. The van der Waals surface area contributed by atoms with Gasteiger partial charge in [-0.15, -0.1) is 0 Å². The van der Waals surface area contributed by atoms with E-state index in [9.17, 15) is 0 Å². The highest BCUT2D eigenvalue weighted by Gasteiger charge is 2.13. The Labute approximate surface area is 120 Å². The molecule has 0 spiro atoms. The largest absolute Gasteiger partial charge is 0.497 e. The zero-order valence-electron chi connectivity index (χ0n) is 12.2. The molecule has 0 fully saturated rings. The second kappa shape index (κ2) is 6.96. The first kappa shape index (κ1) is 14.4. The van der Waals surface area contributed by atoms with Crippen molar-refractivity contribution in [2.24, 2.45) is 0 Å². The summed E-state index contributed by atoms with van der Waals surface area (Å²) in [5, 5.41) is 3.30. The Morgan fingerprint density at radius 1 is 1.05 bits per heavy atom. The number of nitrogens with one attached hydrogen (secondary N) is 1. The molecule has 2 rings (SSSR count). The first-order chi connectivity index (χ1) is 9.74. The summed E-state index contributed by atoms with van der Waals surface area (Å²) in [4.78, 5) is 0. The van der Waals surface area contributed by atoms with Crippen molar-refractivity contribution in [1.29, 1.82) is 0 Å².